The number of hydrogen-bond acceptors (Lipinski definition) is 9. The molecule has 4 rings (SSSR count). The maximum absolute atomic E-state index is 14.9. The molecule has 172 valence electrons. The number of rotatable bonds is 7. The second-order valence-corrected chi connectivity index (χ2v) is 7.38. The number of benzene rings is 1. The number of cyclic esters (lactones) is 1. The second-order valence-electron chi connectivity index (χ2n) is 7.38. The third-order valence-corrected chi connectivity index (χ3v) is 5.22. The second kappa shape index (κ2) is 9.26. The van der Waals surface area contributed by atoms with Crippen molar-refractivity contribution >= 4 is 23.3 Å². The number of ether oxygens (including phenoxy) is 2. The highest BCUT2D eigenvalue weighted by atomic mass is 19.1. The molecule has 1 aromatic carbocycles. The van der Waals surface area contributed by atoms with E-state index in [2.05, 4.69) is 14.8 Å². The summed E-state index contributed by atoms with van der Waals surface area (Å²) in [6, 6.07) is 3.74. The van der Waals surface area contributed by atoms with Crippen molar-refractivity contribution in [3.05, 3.63) is 36.1 Å². The fourth-order valence-electron chi connectivity index (χ4n) is 3.67. The van der Waals surface area contributed by atoms with Crippen LogP contribution in [0.2, 0.25) is 0 Å². The summed E-state index contributed by atoms with van der Waals surface area (Å²) in [6.07, 6.45) is -0.0105. The molecule has 2 aliphatic rings. The summed E-state index contributed by atoms with van der Waals surface area (Å²) in [5.74, 6) is -1.24. The van der Waals surface area contributed by atoms with Gasteiger partial charge < -0.3 is 29.8 Å². The first-order valence-electron chi connectivity index (χ1n) is 9.88. The number of anilines is 2. The van der Waals surface area contributed by atoms with Crippen molar-refractivity contribution in [1.82, 2.24) is 10.1 Å². The van der Waals surface area contributed by atoms with Crippen LogP contribution in [0.4, 0.5) is 25.0 Å². The number of aromatic nitrogens is 1. The highest BCUT2D eigenvalue weighted by Crippen LogP contribution is 2.31. The summed E-state index contributed by atoms with van der Waals surface area (Å²) in [5.41, 5.74) is 5.41. The van der Waals surface area contributed by atoms with Gasteiger partial charge in [-0.05, 0) is 5.16 Å². The Labute approximate surface area is 181 Å². The van der Waals surface area contributed by atoms with Crippen LogP contribution in [0.25, 0.3) is 0 Å². The third kappa shape index (κ3) is 4.66. The Balaban J connectivity index is 1.40. The molecule has 0 radical (unpaired) electrons. The van der Waals surface area contributed by atoms with E-state index in [0.29, 0.717) is 26.2 Å². The zero-order valence-corrected chi connectivity index (χ0v) is 17.0. The van der Waals surface area contributed by atoms with Crippen molar-refractivity contribution in [2.75, 3.05) is 55.7 Å². The van der Waals surface area contributed by atoms with Gasteiger partial charge in [-0.25, -0.2) is 13.6 Å². The maximum Gasteiger partial charge on any atom is 0.414 e. The molecule has 1 amide bonds. The van der Waals surface area contributed by atoms with Gasteiger partial charge in [-0.2, -0.15) is 0 Å². The third-order valence-electron chi connectivity index (χ3n) is 5.22. The zero-order valence-electron chi connectivity index (χ0n) is 17.0. The molecule has 11 nitrogen and oxygen atoms in total. The number of amidine groups is 1. The smallest absolute Gasteiger partial charge is 0.414 e. The molecule has 2 aromatic rings. The van der Waals surface area contributed by atoms with Crippen LogP contribution in [0.15, 0.2) is 34.1 Å². The highest BCUT2D eigenvalue weighted by Gasteiger charge is 2.34. The van der Waals surface area contributed by atoms with Gasteiger partial charge in [-0.3, -0.25) is 9.80 Å². The average Bonchev–Trinajstić information content (AvgIpc) is 3.42. The first-order valence-corrected chi connectivity index (χ1v) is 9.88. The predicted octanol–water partition coefficient (Wildman–Crippen LogP) is 1.23. The van der Waals surface area contributed by atoms with Crippen LogP contribution in [-0.2, 0) is 4.74 Å². The van der Waals surface area contributed by atoms with Gasteiger partial charge in [0.25, 0.3) is 5.88 Å². The van der Waals surface area contributed by atoms with E-state index in [1.165, 1.54) is 12.3 Å². The van der Waals surface area contributed by atoms with Crippen molar-refractivity contribution < 1.29 is 32.8 Å². The fourth-order valence-corrected chi connectivity index (χ4v) is 3.67. The maximum atomic E-state index is 14.9. The van der Waals surface area contributed by atoms with Crippen molar-refractivity contribution in [3.8, 4) is 5.88 Å². The Morgan fingerprint density at radius 1 is 1.28 bits per heavy atom. The van der Waals surface area contributed by atoms with Gasteiger partial charge in [0.15, 0.2) is 23.6 Å². The normalized spacial score (nSPS) is 20.0. The molecule has 3 heterocycles. The first kappa shape index (κ1) is 21.6. The van der Waals surface area contributed by atoms with Crippen LogP contribution in [0.3, 0.4) is 0 Å². The average molecular weight is 452 g/mol. The number of halogens is 2. The van der Waals surface area contributed by atoms with E-state index < -0.39 is 23.8 Å². The number of amides is 1. The zero-order chi connectivity index (χ0) is 22.7. The number of carbonyl (C=O) groups excluding carboxylic acids is 1. The minimum absolute atomic E-state index is 0.0214. The van der Waals surface area contributed by atoms with Crippen molar-refractivity contribution in [2.24, 2.45) is 10.9 Å². The van der Waals surface area contributed by atoms with Gasteiger partial charge in [0.2, 0.25) is 0 Å². The standard InChI is InChI=1S/C19H22F2N6O5/c20-14-7-12(27-9-13(32-19(27)28)11-30-17-1-6-31-24-17)8-15(21)18(14)26-4-2-25(3-5-26)10-16(22)23-29/h1,6-8,13,29H,2-5,9-11H2,(H2,22,23)/t13-/m1/s1. The molecular weight excluding hydrogens is 430 g/mol. The molecule has 0 unspecified atom stereocenters. The number of oxime groups is 1. The van der Waals surface area contributed by atoms with E-state index in [9.17, 15) is 13.6 Å². The summed E-state index contributed by atoms with van der Waals surface area (Å²) in [5, 5.41) is 15.2. The summed E-state index contributed by atoms with van der Waals surface area (Å²) in [6.45, 7) is 2.06. The number of nitrogens with zero attached hydrogens (tertiary/aromatic N) is 5. The molecule has 13 heteroatoms. The van der Waals surface area contributed by atoms with Gasteiger partial charge in [0, 0.05) is 44.4 Å². The molecule has 0 spiro atoms. The van der Waals surface area contributed by atoms with Crippen molar-refractivity contribution in [2.45, 2.75) is 6.10 Å². The van der Waals surface area contributed by atoms with Gasteiger partial charge in [-0.1, -0.05) is 5.16 Å². The van der Waals surface area contributed by atoms with E-state index >= 15 is 0 Å². The molecule has 0 aliphatic carbocycles. The van der Waals surface area contributed by atoms with Crippen molar-refractivity contribution in [3.63, 3.8) is 0 Å². The Kier molecular flexibility index (Phi) is 6.25. The monoisotopic (exact) mass is 452 g/mol. The van der Waals surface area contributed by atoms with E-state index in [0.717, 1.165) is 17.0 Å². The molecule has 32 heavy (non-hydrogen) atoms. The van der Waals surface area contributed by atoms with E-state index in [1.807, 2.05) is 4.90 Å². The van der Waals surface area contributed by atoms with Crippen LogP contribution in [0.5, 0.6) is 5.88 Å². The van der Waals surface area contributed by atoms with E-state index in [1.54, 1.807) is 4.90 Å². The van der Waals surface area contributed by atoms with Crippen LogP contribution in [-0.4, -0.2) is 79.2 Å². The van der Waals surface area contributed by atoms with Crippen LogP contribution in [0, 0.1) is 11.6 Å². The number of hydrogen-bond donors (Lipinski definition) is 2. The molecule has 2 saturated heterocycles. The summed E-state index contributed by atoms with van der Waals surface area (Å²) in [7, 11) is 0. The number of carbonyl (C=O) groups is 1. The molecule has 3 N–H and O–H groups in total. The van der Waals surface area contributed by atoms with Gasteiger partial charge >= 0.3 is 6.09 Å². The Morgan fingerprint density at radius 3 is 2.62 bits per heavy atom. The van der Waals surface area contributed by atoms with E-state index in [4.69, 9.17) is 20.4 Å². The Hall–Kier alpha value is -3.61. The van der Waals surface area contributed by atoms with Crippen LogP contribution >= 0.6 is 0 Å². The lowest BCUT2D eigenvalue weighted by Crippen LogP contribution is -2.49. The van der Waals surface area contributed by atoms with Crippen LogP contribution in [0.1, 0.15) is 0 Å². The van der Waals surface area contributed by atoms with Gasteiger partial charge in [-0.15, -0.1) is 0 Å². The van der Waals surface area contributed by atoms with Gasteiger partial charge in [0.1, 0.15) is 18.6 Å². The first-order chi connectivity index (χ1) is 15.4. The number of nitrogens with two attached hydrogens (primary N) is 1. The minimum Gasteiger partial charge on any atom is -0.471 e. The van der Waals surface area contributed by atoms with E-state index in [-0.39, 0.29) is 42.8 Å². The molecule has 1 aromatic heterocycles. The van der Waals surface area contributed by atoms with Crippen molar-refractivity contribution in [1.29, 1.82) is 0 Å². The largest absolute Gasteiger partial charge is 0.471 e. The lowest BCUT2D eigenvalue weighted by molar-refractivity contribution is 0.102. The molecule has 2 fully saturated rings. The minimum atomic E-state index is -0.778. The van der Waals surface area contributed by atoms with Crippen LogP contribution < -0.4 is 20.3 Å². The summed E-state index contributed by atoms with van der Waals surface area (Å²) in [4.78, 5) is 16.9. The molecule has 2 aliphatic heterocycles. The SMILES string of the molecule is N/C(CN1CCN(c2c(F)cc(N3C[C@H](COc4ccon4)OC3=O)cc2F)CC1)=N\O. The molecule has 0 saturated carbocycles. The quantitative estimate of drug-likeness (QED) is 0.276. The Morgan fingerprint density at radius 2 is 2.00 bits per heavy atom. The summed E-state index contributed by atoms with van der Waals surface area (Å²) < 4.78 is 45.0. The lowest BCUT2D eigenvalue weighted by atomic mass is 10.2. The van der Waals surface area contributed by atoms with Gasteiger partial charge in [0.05, 0.1) is 18.8 Å². The topological polar surface area (TPSA) is 130 Å². The predicted molar refractivity (Wildman–Crippen MR) is 108 cm³/mol. The highest BCUT2D eigenvalue weighted by molar-refractivity contribution is 5.90. The molecule has 0 bridgehead atoms. The molecule has 1 atom stereocenters. The fraction of sp³-hybridized carbons (Fsp3) is 0.421. The lowest BCUT2D eigenvalue weighted by Gasteiger charge is -2.36. The molecular formula is C19H22F2N6O5. The summed E-state index contributed by atoms with van der Waals surface area (Å²) >= 11 is 0. The Bertz CT molecular complexity index is 958. The number of piperazine rings is 1.